The Bertz CT molecular complexity index is 660. The lowest BCUT2D eigenvalue weighted by Crippen LogP contribution is -2.56. The van der Waals surface area contributed by atoms with E-state index in [0.29, 0.717) is 12.1 Å². The minimum Gasteiger partial charge on any atom is -0.466 e. The Labute approximate surface area is 140 Å². The van der Waals surface area contributed by atoms with E-state index in [-0.39, 0.29) is 25.6 Å². The number of rotatable bonds is 5. The SMILES string of the molecule is CC(C)COC(=O)N1CC(Oc2nc(C(F)(F)F)ccc2[N+](=O)[O-])C1. The normalized spacial score (nSPS) is 15.0. The smallest absolute Gasteiger partial charge is 0.433 e. The Hall–Kier alpha value is -2.59. The van der Waals surface area contributed by atoms with E-state index >= 15 is 0 Å². The van der Waals surface area contributed by atoms with Crippen LogP contribution in [-0.4, -0.2) is 46.7 Å². The molecule has 1 aliphatic rings. The molecule has 0 unspecified atom stereocenters. The summed E-state index contributed by atoms with van der Waals surface area (Å²) in [4.78, 5) is 26.2. The highest BCUT2D eigenvalue weighted by atomic mass is 19.4. The van der Waals surface area contributed by atoms with Gasteiger partial charge < -0.3 is 14.4 Å². The molecule has 8 nitrogen and oxygen atoms in total. The van der Waals surface area contributed by atoms with Gasteiger partial charge in [0.15, 0.2) is 0 Å². The van der Waals surface area contributed by atoms with E-state index in [1.807, 2.05) is 13.8 Å². The average Bonchev–Trinajstić information content (AvgIpc) is 2.46. The Morgan fingerprint density at radius 1 is 1.44 bits per heavy atom. The number of amides is 1. The molecule has 2 rings (SSSR count). The highest BCUT2D eigenvalue weighted by Gasteiger charge is 2.38. The second-order valence-corrected chi connectivity index (χ2v) is 5.89. The number of carbonyl (C=O) groups is 1. The van der Waals surface area contributed by atoms with Crippen molar-refractivity contribution >= 4 is 11.8 Å². The molecule has 1 saturated heterocycles. The van der Waals surface area contributed by atoms with Crippen LogP contribution >= 0.6 is 0 Å². The maximum atomic E-state index is 12.7. The molecule has 1 aromatic rings. The topological polar surface area (TPSA) is 94.8 Å². The summed E-state index contributed by atoms with van der Waals surface area (Å²) in [5.74, 6) is -0.561. The van der Waals surface area contributed by atoms with Crippen LogP contribution in [0.15, 0.2) is 12.1 Å². The van der Waals surface area contributed by atoms with Gasteiger partial charge in [-0.25, -0.2) is 9.78 Å². The fraction of sp³-hybridized carbons (Fsp3) is 0.571. The third-order valence-corrected chi connectivity index (χ3v) is 3.25. The minimum atomic E-state index is -4.75. The highest BCUT2D eigenvalue weighted by molar-refractivity contribution is 5.68. The maximum Gasteiger partial charge on any atom is 0.433 e. The number of carbonyl (C=O) groups excluding carboxylic acids is 1. The first-order valence-electron chi connectivity index (χ1n) is 7.39. The zero-order valence-corrected chi connectivity index (χ0v) is 13.4. The second-order valence-electron chi connectivity index (χ2n) is 5.89. The van der Waals surface area contributed by atoms with Gasteiger partial charge in [0, 0.05) is 6.07 Å². The van der Waals surface area contributed by atoms with Crippen LogP contribution in [0.4, 0.5) is 23.7 Å². The van der Waals surface area contributed by atoms with E-state index in [4.69, 9.17) is 9.47 Å². The highest BCUT2D eigenvalue weighted by Crippen LogP contribution is 2.34. The molecule has 0 aliphatic carbocycles. The zero-order chi connectivity index (χ0) is 18.8. The standard InChI is InChI=1S/C14H16F3N3O5/c1-8(2)7-24-13(21)19-5-9(6-19)25-12-10(20(22)23)3-4-11(18-12)14(15,16)17/h3-4,8-9H,5-7H2,1-2H3. The number of pyridine rings is 1. The molecule has 1 amide bonds. The predicted octanol–water partition coefficient (Wildman–Crippen LogP) is 2.86. The molecule has 0 saturated carbocycles. The zero-order valence-electron chi connectivity index (χ0n) is 13.4. The van der Waals surface area contributed by atoms with Crippen molar-refractivity contribution in [3.05, 3.63) is 27.9 Å². The van der Waals surface area contributed by atoms with Gasteiger partial charge >= 0.3 is 18.0 Å². The van der Waals surface area contributed by atoms with Crippen molar-refractivity contribution in [3.8, 4) is 5.88 Å². The first-order valence-corrected chi connectivity index (χ1v) is 7.39. The Morgan fingerprint density at radius 3 is 2.60 bits per heavy atom. The third kappa shape index (κ3) is 4.70. The molecule has 1 aromatic heterocycles. The molecule has 2 heterocycles. The van der Waals surface area contributed by atoms with E-state index in [0.717, 1.165) is 0 Å². The van der Waals surface area contributed by atoms with Crippen LogP contribution in [-0.2, 0) is 10.9 Å². The van der Waals surface area contributed by atoms with Crippen molar-refractivity contribution < 1.29 is 32.4 Å². The van der Waals surface area contributed by atoms with Gasteiger partial charge in [0.1, 0.15) is 11.8 Å². The summed E-state index contributed by atoms with van der Waals surface area (Å²) in [6, 6.07) is 1.21. The number of hydrogen-bond acceptors (Lipinski definition) is 6. The van der Waals surface area contributed by atoms with Crippen molar-refractivity contribution in [1.82, 2.24) is 9.88 Å². The number of halogens is 3. The molecule has 0 bridgehead atoms. The number of nitrogens with zero attached hydrogens (tertiary/aromatic N) is 3. The van der Waals surface area contributed by atoms with Crippen LogP contribution < -0.4 is 4.74 Å². The van der Waals surface area contributed by atoms with Crippen LogP contribution in [0.3, 0.4) is 0 Å². The number of aromatic nitrogens is 1. The lowest BCUT2D eigenvalue weighted by Gasteiger charge is -2.37. The predicted molar refractivity (Wildman–Crippen MR) is 78.1 cm³/mol. The molecular weight excluding hydrogens is 347 g/mol. The quantitative estimate of drug-likeness (QED) is 0.590. The molecule has 0 atom stereocenters. The summed E-state index contributed by atoms with van der Waals surface area (Å²) in [6.07, 6.45) is -6.01. The summed E-state index contributed by atoms with van der Waals surface area (Å²) < 4.78 is 48.3. The third-order valence-electron chi connectivity index (χ3n) is 3.25. The first-order chi connectivity index (χ1) is 11.6. The molecule has 11 heteroatoms. The molecule has 0 N–H and O–H groups in total. The van der Waals surface area contributed by atoms with Gasteiger partial charge in [-0.15, -0.1) is 0 Å². The summed E-state index contributed by atoms with van der Waals surface area (Å²) in [5, 5.41) is 10.9. The second kappa shape index (κ2) is 7.11. The van der Waals surface area contributed by atoms with E-state index in [1.54, 1.807) is 0 Å². The van der Waals surface area contributed by atoms with Gasteiger partial charge in [0.25, 0.3) is 5.88 Å². The number of hydrogen-bond donors (Lipinski definition) is 0. The molecule has 0 radical (unpaired) electrons. The van der Waals surface area contributed by atoms with Gasteiger partial charge in [-0.3, -0.25) is 10.1 Å². The van der Waals surface area contributed by atoms with Crippen molar-refractivity contribution in [2.75, 3.05) is 19.7 Å². The molecule has 0 spiro atoms. The van der Waals surface area contributed by atoms with Crippen molar-refractivity contribution in [2.45, 2.75) is 26.1 Å². The maximum absolute atomic E-state index is 12.7. The van der Waals surface area contributed by atoms with Crippen molar-refractivity contribution in [1.29, 1.82) is 0 Å². The van der Waals surface area contributed by atoms with Gasteiger partial charge in [-0.1, -0.05) is 13.8 Å². The summed E-state index contributed by atoms with van der Waals surface area (Å²) in [7, 11) is 0. The van der Waals surface area contributed by atoms with E-state index in [2.05, 4.69) is 4.98 Å². The van der Waals surface area contributed by atoms with E-state index < -0.39 is 40.6 Å². The Balaban J connectivity index is 2.01. The molecule has 0 aromatic carbocycles. The molecule has 138 valence electrons. The summed E-state index contributed by atoms with van der Waals surface area (Å²) in [6.45, 7) is 4.07. The Kier molecular flexibility index (Phi) is 5.33. The number of ether oxygens (including phenoxy) is 2. The van der Waals surface area contributed by atoms with Crippen LogP contribution in [0.1, 0.15) is 19.5 Å². The Morgan fingerprint density at radius 2 is 2.08 bits per heavy atom. The van der Waals surface area contributed by atoms with Crippen LogP contribution in [0.2, 0.25) is 0 Å². The lowest BCUT2D eigenvalue weighted by molar-refractivity contribution is -0.386. The molecule has 1 aliphatic heterocycles. The van der Waals surface area contributed by atoms with E-state index in [1.165, 1.54) is 4.90 Å². The van der Waals surface area contributed by atoms with Crippen molar-refractivity contribution in [2.24, 2.45) is 5.92 Å². The van der Waals surface area contributed by atoms with Crippen molar-refractivity contribution in [3.63, 3.8) is 0 Å². The van der Waals surface area contributed by atoms with Gasteiger partial charge in [0.05, 0.1) is 24.6 Å². The van der Waals surface area contributed by atoms with Gasteiger partial charge in [-0.2, -0.15) is 13.2 Å². The summed E-state index contributed by atoms with van der Waals surface area (Å²) >= 11 is 0. The average molecular weight is 363 g/mol. The molecule has 1 fully saturated rings. The van der Waals surface area contributed by atoms with Gasteiger partial charge in [0.2, 0.25) is 0 Å². The first kappa shape index (κ1) is 18.7. The van der Waals surface area contributed by atoms with Crippen LogP contribution in [0.25, 0.3) is 0 Å². The summed E-state index contributed by atoms with van der Waals surface area (Å²) in [5.41, 5.74) is -1.96. The van der Waals surface area contributed by atoms with Crippen LogP contribution in [0.5, 0.6) is 5.88 Å². The number of alkyl halides is 3. The number of likely N-dealkylation sites (tertiary alicyclic amines) is 1. The fourth-order valence-corrected chi connectivity index (χ4v) is 1.97. The van der Waals surface area contributed by atoms with Gasteiger partial charge in [-0.05, 0) is 12.0 Å². The largest absolute Gasteiger partial charge is 0.466 e. The van der Waals surface area contributed by atoms with Crippen LogP contribution in [0, 0.1) is 16.0 Å². The lowest BCUT2D eigenvalue weighted by atomic mass is 10.2. The minimum absolute atomic E-state index is 0.0476. The van der Waals surface area contributed by atoms with E-state index in [9.17, 15) is 28.1 Å². The molecular formula is C14H16F3N3O5. The fourth-order valence-electron chi connectivity index (χ4n) is 1.97. The monoisotopic (exact) mass is 363 g/mol. The molecule has 25 heavy (non-hydrogen) atoms. The number of nitro groups is 1.